The van der Waals surface area contributed by atoms with E-state index in [1.165, 1.54) is 0 Å². The smallest absolute Gasteiger partial charge is 0.223 e. The van der Waals surface area contributed by atoms with Gasteiger partial charge in [0.2, 0.25) is 5.91 Å². The highest BCUT2D eigenvalue weighted by Crippen LogP contribution is 2.21. The summed E-state index contributed by atoms with van der Waals surface area (Å²) in [5.74, 6) is 0.186. The molecule has 2 N–H and O–H groups in total. The summed E-state index contributed by atoms with van der Waals surface area (Å²) in [7, 11) is 0. The summed E-state index contributed by atoms with van der Waals surface area (Å²) >= 11 is 5.98. The zero-order valence-electron chi connectivity index (χ0n) is 14.8. The highest BCUT2D eigenvalue weighted by atomic mass is 35.5. The number of benzene rings is 1. The van der Waals surface area contributed by atoms with Crippen LogP contribution in [0.25, 0.3) is 0 Å². The Morgan fingerprint density at radius 2 is 2.08 bits per heavy atom. The molecule has 3 rings (SSSR count). The molecule has 26 heavy (non-hydrogen) atoms. The average Bonchev–Trinajstić information content (AvgIpc) is 2.63. The van der Waals surface area contributed by atoms with Crippen LogP contribution in [0.4, 0.5) is 0 Å². The Kier molecular flexibility index (Phi) is 7.88. The van der Waals surface area contributed by atoms with Crippen molar-refractivity contribution in [2.75, 3.05) is 6.54 Å². The lowest BCUT2D eigenvalue weighted by Gasteiger charge is -2.29. The maximum atomic E-state index is 12.8. The highest BCUT2D eigenvalue weighted by molar-refractivity contribution is 6.30. The molecule has 1 unspecified atom stereocenters. The summed E-state index contributed by atoms with van der Waals surface area (Å²) in [5.41, 5.74) is 2.01. The third-order valence-corrected chi connectivity index (χ3v) is 4.96. The second kappa shape index (κ2) is 9.91. The minimum absolute atomic E-state index is 0. The molecule has 1 aromatic carbocycles. The Hall–Kier alpha value is -1.62. The van der Waals surface area contributed by atoms with Gasteiger partial charge < -0.3 is 10.6 Å². The number of halogens is 2. The van der Waals surface area contributed by atoms with E-state index in [0.29, 0.717) is 17.5 Å². The van der Waals surface area contributed by atoms with Crippen LogP contribution in [0.2, 0.25) is 5.02 Å². The number of piperidine rings is 1. The normalized spacial score (nSPS) is 20.7. The summed E-state index contributed by atoms with van der Waals surface area (Å²) in [6.07, 6.45) is 4.22. The first-order valence-corrected chi connectivity index (χ1v) is 9.19. The molecule has 140 valence electrons. The van der Waals surface area contributed by atoms with Gasteiger partial charge in [-0.05, 0) is 62.6 Å². The van der Waals surface area contributed by atoms with Crippen LogP contribution in [0.5, 0.6) is 0 Å². The minimum atomic E-state index is -0.139. The van der Waals surface area contributed by atoms with Crippen molar-refractivity contribution in [3.63, 3.8) is 0 Å². The number of aromatic nitrogens is 1. The van der Waals surface area contributed by atoms with Gasteiger partial charge in [-0.15, -0.1) is 12.4 Å². The monoisotopic (exact) mass is 393 g/mol. The number of nitrogens with one attached hydrogen (secondary N) is 2. The SMILES string of the molecule is C[C@H]1C[C@@H](C(=O)NC(Cc2ccc(Cl)cc2)c2ccccn2)CCN1.Cl. The van der Waals surface area contributed by atoms with Crippen molar-refractivity contribution in [1.29, 1.82) is 0 Å². The van der Waals surface area contributed by atoms with E-state index in [4.69, 9.17) is 11.6 Å². The lowest BCUT2D eigenvalue weighted by atomic mass is 9.91. The number of hydrogen-bond donors (Lipinski definition) is 2. The van der Waals surface area contributed by atoms with Gasteiger partial charge in [-0.1, -0.05) is 29.8 Å². The Bertz CT molecular complexity index is 694. The first kappa shape index (κ1) is 20.7. The topological polar surface area (TPSA) is 54.0 Å². The fourth-order valence-electron chi connectivity index (χ4n) is 3.33. The van der Waals surface area contributed by atoms with Gasteiger partial charge in [0.25, 0.3) is 0 Å². The molecule has 0 saturated carbocycles. The molecule has 1 aliphatic heterocycles. The standard InChI is InChI=1S/C20H24ClN3O.ClH/c1-14-12-16(9-11-22-14)20(25)24-19(18-4-2-3-10-23-18)13-15-5-7-17(21)8-6-15;/h2-8,10,14,16,19,22H,9,11-13H2,1H3,(H,24,25);1H/t14-,16-,19?;/m0./s1. The van der Waals surface area contributed by atoms with Gasteiger partial charge in [-0.25, -0.2) is 0 Å². The average molecular weight is 394 g/mol. The lowest BCUT2D eigenvalue weighted by Crippen LogP contribution is -2.43. The molecule has 1 fully saturated rings. The van der Waals surface area contributed by atoms with E-state index in [1.54, 1.807) is 6.20 Å². The van der Waals surface area contributed by atoms with E-state index in [0.717, 1.165) is 30.6 Å². The van der Waals surface area contributed by atoms with Crippen LogP contribution in [0.1, 0.15) is 37.1 Å². The molecule has 0 spiro atoms. The molecule has 2 aromatic rings. The van der Waals surface area contributed by atoms with Crippen LogP contribution in [0, 0.1) is 5.92 Å². The maximum Gasteiger partial charge on any atom is 0.223 e. The Morgan fingerprint density at radius 1 is 1.31 bits per heavy atom. The molecule has 0 bridgehead atoms. The number of pyridine rings is 1. The van der Waals surface area contributed by atoms with Crippen molar-refractivity contribution >= 4 is 29.9 Å². The molecule has 6 heteroatoms. The van der Waals surface area contributed by atoms with Gasteiger partial charge in [0.05, 0.1) is 11.7 Å². The third kappa shape index (κ3) is 5.70. The first-order chi connectivity index (χ1) is 12.1. The number of amides is 1. The molecule has 0 radical (unpaired) electrons. The van der Waals surface area contributed by atoms with Crippen molar-refractivity contribution in [2.24, 2.45) is 5.92 Å². The fourth-order valence-corrected chi connectivity index (χ4v) is 3.45. The predicted molar refractivity (Wildman–Crippen MR) is 108 cm³/mol. The number of carbonyl (C=O) groups excluding carboxylic acids is 1. The third-order valence-electron chi connectivity index (χ3n) is 4.71. The van der Waals surface area contributed by atoms with Crippen LogP contribution in [0.15, 0.2) is 48.7 Å². The second-order valence-electron chi connectivity index (χ2n) is 6.72. The molecular weight excluding hydrogens is 369 g/mol. The van der Waals surface area contributed by atoms with Crippen LogP contribution < -0.4 is 10.6 Å². The molecule has 2 heterocycles. The largest absolute Gasteiger partial charge is 0.347 e. The number of hydrogen-bond acceptors (Lipinski definition) is 3. The van der Waals surface area contributed by atoms with Crippen LogP contribution in [-0.2, 0) is 11.2 Å². The van der Waals surface area contributed by atoms with E-state index in [-0.39, 0.29) is 30.3 Å². The van der Waals surface area contributed by atoms with E-state index < -0.39 is 0 Å². The molecule has 3 atom stereocenters. The van der Waals surface area contributed by atoms with Crippen LogP contribution in [0.3, 0.4) is 0 Å². The van der Waals surface area contributed by atoms with Gasteiger partial charge in [0.15, 0.2) is 0 Å². The van der Waals surface area contributed by atoms with Crippen LogP contribution in [-0.4, -0.2) is 23.5 Å². The van der Waals surface area contributed by atoms with E-state index in [2.05, 4.69) is 22.5 Å². The van der Waals surface area contributed by atoms with Gasteiger partial charge in [0, 0.05) is 23.2 Å². The predicted octanol–water partition coefficient (Wildman–Crippen LogP) is 3.94. The Labute approximate surface area is 166 Å². The zero-order valence-corrected chi connectivity index (χ0v) is 16.4. The lowest BCUT2D eigenvalue weighted by molar-refractivity contribution is -0.126. The van der Waals surface area contributed by atoms with Crippen molar-refractivity contribution < 1.29 is 4.79 Å². The van der Waals surface area contributed by atoms with Crippen molar-refractivity contribution in [2.45, 2.75) is 38.3 Å². The van der Waals surface area contributed by atoms with Gasteiger partial charge in [-0.2, -0.15) is 0 Å². The molecular formula is C20H25Cl2N3O. The Morgan fingerprint density at radius 3 is 2.73 bits per heavy atom. The maximum absolute atomic E-state index is 12.8. The summed E-state index contributed by atoms with van der Waals surface area (Å²) < 4.78 is 0. The zero-order chi connectivity index (χ0) is 17.6. The molecule has 0 aliphatic carbocycles. The summed E-state index contributed by atoms with van der Waals surface area (Å²) in [5, 5.41) is 7.33. The first-order valence-electron chi connectivity index (χ1n) is 8.81. The second-order valence-corrected chi connectivity index (χ2v) is 7.16. The number of carbonyl (C=O) groups is 1. The highest BCUT2D eigenvalue weighted by Gasteiger charge is 2.27. The van der Waals surface area contributed by atoms with Crippen molar-refractivity contribution in [1.82, 2.24) is 15.6 Å². The van der Waals surface area contributed by atoms with Gasteiger partial charge in [-0.3, -0.25) is 9.78 Å². The molecule has 4 nitrogen and oxygen atoms in total. The molecule has 1 amide bonds. The number of rotatable bonds is 5. The number of nitrogens with zero attached hydrogens (tertiary/aromatic N) is 1. The van der Waals surface area contributed by atoms with Crippen molar-refractivity contribution in [3.05, 3.63) is 64.9 Å². The fraction of sp³-hybridized carbons (Fsp3) is 0.400. The Balaban J connectivity index is 0.00000243. The van der Waals surface area contributed by atoms with E-state index in [1.807, 2.05) is 42.5 Å². The van der Waals surface area contributed by atoms with Gasteiger partial charge in [0.1, 0.15) is 0 Å². The van der Waals surface area contributed by atoms with E-state index >= 15 is 0 Å². The summed E-state index contributed by atoms with van der Waals surface area (Å²) in [4.78, 5) is 17.2. The summed E-state index contributed by atoms with van der Waals surface area (Å²) in [6, 6.07) is 13.8. The van der Waals surface area contributed by atoms with E-state index in [9.17, 15) is 4.79 Å². The molecule has 1 saturated heterocycles. The minimum Gasteiger partial charge on any atom is -0.347 e. The quantitative estimate of drug-likeness (QED) is 0.808. The van der Waals surface area contributed by atoms with Gasteiger partial charge >= 0.3 is 0 Å². The summed E-state index contributed by atoms with van der Waals surface area (Å²) in [6.45, 7) is 3.02. The molecule has 1 aliphatic rings. The molecule has 1 aromatic heterocycles. The van der Waals surface area contributed by atoms with Crippen molar-refractivity contribution in [3.8, 4) is 0 Å². The van der Waals surface area contributed by atoms with Crippen LogP contribution >= 0.6 is 24.0 Å².